The predicted molar refractivity (Wildman–Crippen MR) is 233 cm³/mol. The summed E-state index contributed by atoms with van der Waals surface area (Å²) in [6, 6.07) is 28.3. The summed E-state index contributed by atoms with van der Waals surface area (Å²) >= 11 is 1.51. The molecule has 9 aromatic carbocycles. The molecule has 1 heterocycles. The molecule has 0 saturated heterocycles. The van der Waals surface area contributed by atoms with Gasteiger partial charge in [-0.25, -0.2) is 0 Å². The molecule has 1 aromatic heterocycles. The van der Waals surface area contributed by atoms with Crippen LogP contribution in [0.1, 0.15) is 20.6 Å². The van der Waals surface area contributed by atoms with Crippen molar-refractivity contribution in [2.45, 2.75) is 0 Å². The van der Waals surface area contributed by atoms with Gasteiger partial charge in [-0.1, -0.05) is 176 Å². The van der Waals surface area contributed by atoms with Crippen LogP contribution in [0.3, 0.4) is 0 Å². The first-order chi connectivity index (χ1) is 33.0. The summed E-state index contributed by atoms with van der Waals surface area (Å²) in [5.74, 6) is 0. The first-order valence-corrected chi connectivity index (χ1v) is 18.0. The van der Waals surface area contributed by atoms with Crippen molar-refractivity contribution in [3.8, 4) is 44.5 Å². The second-order valence-corrected chi connectivity index (χ2v) is 13.6. The fourth-order valence-corrected chi connectivity index (χ4v) is 8.01. The highest BCUT2D eigenvalue weighted by atomic mass is 32.1. The van der Waals surface area contributed by atoms with E-state index in [9.17, 15) is 11.0 Å². The average molecular weight is 721 g/mol. The van der Waals surface area contributed by atoms with E-state index in [1.165, 1.54) is 11.3 Å². The molecule has 0 radical (unpaired) electrons. The van der Waals surface area contributed by atoms with Crippen molar-refractivity contribution in [3.63, 3.8) is 0 Å². The van der Waals surface area contributed by atoms with E-state index < -0.39 is 124 Å². The van der Waals surface area contributed by atoms with Crippen LogP contribution in [-0.2, 0) is 0 Å². The maximum absolute atomic E-state index is 9.75. The van der Waals surface area contributed by atoms with Crippen LogP contribution in [0.5, 0.6) is 0 Å². The van der Waals surface area contributed by atoms with Crippen LogP contribution in [0.4, 0.5) is 17.1 Å². The molecule has 0 amide bonds. The van der Waals surface area contributed by atoms with Gasteiger partial charge in [0.15, 0.2) is 0 Å². The second kappa shape index (κ2) is 13.7. The third-order valence-corrected chi connectivity index (χ3v) is 10.5. The standard InChI is InChI=1S/C52H35NS/c1-3-13-38(14-4-1)46-34-33-43(35-49(46)40-15-5-2-6-16-40)53(50-23-12-22-48-47-20-9-10-24-51(47)54-52(48)50)42-31-29-37(30-32-42)36-25-27-41(28-26-36)45-21-11-18-39-17-7-8-19-44(39)45/h1-35H/i7D,8D,11D,17D,18D,19D,21D,25D,26D,27D,28D,29D,30D,31D,32D. The van der Waals surface area contributed by atoms with Gasteiger partial charge in [-0.2, -0.15) is 0 Å². The number of benzene rings is 9. The lowest BCUT2D eigenvalue weighted by Gasteiger charge is -2.27. The minimum absolute atomic E-state index is 0.144. The van der Waals surface area contributed by atoms with Gasteiger partial charge < -0.3 is 4.90 Å². The molecule has 0 unspecified atom stereocenters. The van der Waals surface area contributed by atoms with Crippen molar-refractivity contribution < 1.29 is 20.6 Å². The zero-order chi connectivity index (χ0) is 48.9. The Labute approximate surface area is 340 Å². The van der Waals surface area contributed by atoms with Crippen molar-refractivity contribution in [2.24, 2.45) is 0 Å². The van der Waals surface area contributed by atoms with E-state index in [0.29, 0.717) is 11.4 Å². The Bertz CT molecular complexity index is 3730. The quantitative estimate of drug-likeness (QED) is 0.158. The highest BCUT2D eigenvalue weighted by molar-refractivity contribution is 7.26. The molecule has 0 saturated carbocycles. The monoisotopic (exact) mass is 720 g/mol. The molecule has 10 rings (SSSR count). The molecule has 0 spiro atoms. The largest absolute Gasteiger partial charge is 0.309 e. The summed E-state index contributed by atoms with van der Waals surface area (Å²) in [7, 11) is 0. The normalized spacial score (nSPS) is 15.2. The van der Waals surface area contributed by atoms with Crippen LogP contribution in [0.15, 0.2) is 212 Å². The van der Waals surface area contributed by atoms with Gasteiger partial charge in [0.2, 0.25) is 0 Å². The minimum atomic E-state index is -0.823. The Morgan fingerprint density at radius 2 is 1.02 bits per heavy atom. The van der Waals surface area contributed by atoms with Crippen molar-refractivity contribution in [2.75, 3.05) is 4.90 Å². The Kier molecular flexibility index (Phi) is 5.04. The molecular weight excluding hydrogens is 671 g/mol. The zero-order valence-electron chi connectivity index (χ0n) is 43.4. The van der Waals surface area contributed by atoms with Crippen molar-refractivity contribution in [1.82, 2.24) is 0 Å². The van der Waals surface area contributed by atoms with E-state index >= 15 is 0 Å². The highest BCUT2D eigenvalue weighted by Gasteiger charge is 2.20. The van der Waals surface area contributed by atoms with Gasteiger partial charge in [0.05, 0.1) is 30.9 Å². The van der Waals surface area contributed by atoms with E-state index in [0.717, 1.165) is 42.4 Å². The van der Waals surface area contributed by atoms with Crippen molar-refractivity contribution in [1.29, 1.82) is 0 Å². The molecule has 0 N–H and O–H groups in total. The number of fused-ring (bicyclic) bond motifs is 4. The highest BCUT2D eigenvalue weighted by Crippen LogP contribution is 2.46. The van der Waals surface area contributed by atoms with Gasteiger partial charge in [-0.15, -0.1) is 11.3 Å². The number of anilines is 3. The number of hydrogen-bond acceptors (Lipinski definition) is 2. The molecule has 10 aromatic rings. The summed E-state index contributed by atoms with van der Waals surface area (Å²) in [5, 5.41) is 1.03. The molecule has 54 heavy (non-hydrogen) atoms. The molecule has 0 aliphatic heterocycles. The molecular formula is C52H35NS. The van der Waals surface area contributed by atoms with Gasteiger partial charge in [0.1, 0.15) is 0 Å². The number of nitrogens with zero attached hydrogens (tertiary/aromatic N) is 1. The van der Waals surface area contributed by atoms with Gasteiger partial charge in [0.25, 0.3) is 0 Å². The van der Waals surface area contributed by atoms with Crippen LogP contribution >= 0.6 is 11.3 Å². The summed E-state index contributed by atoms with van der Waals surface area (Å²) in [6.45, 7) is 0. The number of hydrogen-bond donors (Lipinski definition) is 0. The smallest absolute Gasteiger partial charge is 0.0645 e. The van der Waals surface area contributed by atoms with E-state index in [1.54, 1.807) is 4.90 Å². The Balaban J connectivity index is 1.24. The van der Waals surface area contributed by atoms with Gasteiger partial charge in [-0.3, -0.25) is 0 Å². The van der Waals surface area contributed by atoms with Gasteiger partial charge in [0, 0.05) is 26.8 Å². The van der Waals surface area contributed by atoms with Crippen molar-refractivity contribution in [3.05, 3.63) is 212 Å². The average Bonchev–Trinajstić information content (AvgIpc) is 3.76. The number of rotatable bonds is 7. The molecule has 1 nitrogen and oxygen atoms in total. The second-order valence-electron chi connectivity index (χ2n) is 12.5. The molecule has 254 valence electrons. The molecule has 0 aliphatic carbocycles. The molecule has 0 atom stereocenters. The van der Waals surface area contributed by atoms with E-state index in [2.05, 4.69) is 0 Å². The van der Waals surface area contributed by atoms with E-state index in [1.807, 2.05) is 121 Å². The predicted octanol–water partition coefficient (Wildman–Crippen LogP) is 15.3. The van der Waals surface area contributed by atoms with Crippen LogP contribution < -0.4 is 4.90 Å². The third kappa shape index (κ3) is 5.74. The SMILES string of the molecule is [2H]c1c([2H])c(-c2c([2H])c([2H])c([2H])c3c([2H])c([2H])c([2H])c([2H])c23)c([2H])c([2H])c1-c1c([2H])c([2H])c(N(c2ccc(-c3ccccc3)c(-c3ccccc3)c2)c2cccc3c2sc2ccccc23)c([2H])c1[2H]. The summed E-state index contributed by atoms with van der Waals surface area (Å²) in [6.07, 6.45) is 0. The fourth-order valence-electron chi connectivity index (χ4n) is 6.80. The summed E-state index contributed by atoms with van der Waals surface area (Å²) in [5.41, 5.74) is 2.29. The third-order valence-electron chi connectivity index (χ3n) is 9.33. The Morgan fingerprint density at radius 1 is 0.389 bits per heavy atom. The first kappa shape index (κ1) is 19.9. The lowest BCUT2D eigenvalue weighted by atomic mass is 9.93. The Hall–Kier alpha value is -6.74. The lowest BCUT2D eigenvalue weighted by molar-refractivity contribution is 1.30. The maximum Gasteiger partial charge on any atom is 0.0645 e. The van der Waals surface area contributed by atoms with Crippen LogP contribution in [0.2, 0.25) is 0 Å². The minimum Gasteiger partial charge on any atom is -0.309 e. The summed E-state index contributed by atoms with van der Waals surface area (Å²) in [4.78, 5) is 1.69. The zero-order valence-corrected chi connectivity index (χ0v) is 29.2. The van der Waals surface area contributed by atoms with E-state index in [4.69, 9.17) is 9.60 Å². The molecule has 0 bridgehead atoms. The summed E-state index contributed by atoms with van der Waals surface area (Å²) < 4.78 is 137. The number of thiophene rings is 1. The lowest BCUT2D eigenvalue weighted by Crippen LogP contribution is -2.10. The molecule has 0 aliphatic rings. The van der Waals surface area contributed by atoms with Crippen LogP contribution in [-0.4, -0.2) is 0 Å². The van der Waals surface area contributed by atoms with Crippen LogP contribution in [0, 0.1) is 0 Å². The molecule has 2 heteroatoms. The van der Waals surface area contributed by atoms with Gasteiger partial charge in [-0.05, 0) is 91.6 Å². The van der Waals surface area contributed by atoms with E-state index in [-0.39, 0.29) is 5.69 Å². The van der Waals surface area contributed by atoms with Crippen molar-refractivity contribution >= 4 is 59.3 Å². The van der Waals surface area contributed by atoms with Gasteiger partial charge >= 0.3 is 0 Å². The Morgan fingerprint density at radius 3 is 1.80 bits per heavy atom. The first-order valence-electron chi connectivity index (χ1n) is 24.7. The molecule has 0 fully saturated rings. The maximum atomic E-state index is 9.75. The van der Waals surface area contributed by atoms with Crippen LogP contribution in [0.25, 0.3) is 75.5 Å². The fraction of sp³-hybridized carbons (Fsp3) is 0. The topological polar surface area (TPSA) is 3.24 Å².